The fraction of sp³-hybridized carbons (Fsp3) is 0.308. The smallest absolute Gasteiger partial charge is 0.352 e. The minimum absolute atomic E-state index is 0.0903. The van der Waals surface area contributed by atoms with E-state index in [4.69, 9.17) is 15.0 Å². The van der Waals surface area contributed by atoms with Crippen LogP contribution in [0, 0.1) is 0 Å². The van der Waals surface area contributed by atoms with Crippen LogP contribution in [0.4, 0.5) is 5.13 Å². The first-order chi connectivity index (χ1) is 20.3. The van der Waals surface area contributed by atoms with Crippen LogP contribution in [-0.2, 0) is 19.2 Å². The van der Waals surface area contributed by atoms with Crippen LogP contribution >= 0.6 is 46.2 Å². The van der Waals surface area contributed by atoms with Crippen LogP contribution in [0.25, 0.3) is 10.3 Å². The molecule has 3 aromatic heterocycles. The molecular weight excluding hydrogens is 623 g/mol. The summed E-state index contributed by atoms with van der Waals surface area (Å²) in [5.41, 5.74) is 6.27. The van der Waals surface area contributed by atoms with Gasteiger partial charge in [-0.15, -0.1) is 34.4 Å². The van der Waals surface area contributed by atoms with Gasteiger partial charge < -0.3 is 25.4 Å². The number of allylic oxidation sites excluding steroid dienone is 1. The zero-order valence-electron chi connectivity index (χ0n) is 21.7. The monoisotopic (exact) mass is 645 g/mol. The summed E-state index contributed by atoms with van der Waals surface area (Å²) < 4.78 is 6.62. The molecule has 5 heterocycles. The average Bonchev–Trinajstić information content (AvgIpc) is 3.74. The number of β-lactam (4-membered cyclic amide) rings is 1. The van der Waals surface area contributed by atoms with Crippen LogP contribution in [0.2, 0.25) is 0 Å². The van der Waals surface area contributed by atoms with Crippen molar-refractivity contribution < 1.29 is 28.7 Å². The second-order valence-corrected chi connectivity index (χ2v) is 13.8. The Labute approximate surface area is 254 Å². The number of aliphatic carboxylic acids is 1. The average molecular weight is 646 g/mol. The predicted molar refractivity (Wildman–Crippen MR) is 161 cm³/mol. The number of oxime groups is 1. The van der Waals surface area contributed by atoms with Crippen molar-refractivity contribution in [2.24, 2.45) is 5.16 Å². The number of nitrogens with one attached hydrogen (secondary N) is 1. The number of thioether (sulfide) groups is 2. The summed E-state index contributed by atoms with van der Waals surface area (Å²) in [6.07, 6.45) is 6.72. The normalized spacial score (nSPS) is 21.2. The van der Waals surface area contributed by atoms with E-state index in [0.717, 1.165) is 41.7 Å². The van der Waals surface area contributed by atoms with E-state index in [1.54, 1.807) is 22.9 Å². The van der Waals surface area contributed by atoms with Crippen molar-refractivity contribution in [3.8, 4) is 0 Å². The molecular formula is C26H23N5O7S4. The molecule has 0 bridgehead atoms. The van der Waals surface area contributed by atoms with Gasteiger partial charge in [0.15, 0.2) is 16.4 Å². The number of carboxylic acid groups (broad SMARTS) is 1. The number of hydrogen-bond acceptors (Lipinski definition) is 13. The molecule has 2 fully saturated rings. The quantitative estimate of drug-likeness (QED) is 0.134. The Kier molecular flexibility index (Phi) is 8.11. The molecule has 2 amide bonds. The molecule has 0 radical (unpaired) electrons. The number of amides is 2. The standard InChI is InChI=1S/C26H23N5O7S4/c27-26-28-14(11-41-26)18(30-38-13-3-1-2-4-13)22(33)29-19-23(34)31-20(25(35)36)12(10-40-24(19)31)6-8-39-17-9-15(32)21-16(42-17)5-7-37-21/h5-9,11,13,19,24H,1-4,10H2,(H2,27,28)(H,29,33)(H,35,36)/b8-6+,30-18-/t19?,24-/m1/s1. The second kappa shape index (κ2) is 11.9. The van der Waals surface area contributed by atoms with Gasteiger partial charge in [-0.3, -0.25) is 19.3 Å². The van der Waals surface area contributed by atoms with Crippen molar-refractivity contribution >= 4 is 85.1 Å². The predicted octanol–water partition coefficient (Wildman–Crippen LogP) is 3.60. The van der Waals surface area contributed by atoms with E-state index in [1.807, 2.05) is 0 Å². The summed E-state index contributed by atoms with van der Waals surface area (Å²) in [6, 6.07) is 2.22. The van der Waals surface area contributed by atoms with E-state index in [9.17, 15) is 24.3 Å². The number of fused-ring (bicyclic) bond motifs is 2. The van der Waals surface area contributed by atoms with Crippen LogP contribution in [0.3, 0.4) is 0 Å². The number of aromatic nitrogens is 1. The zero-order valence-corrected chi connectivity index (χ0v) is 24.9. The summed E-state index contributed by atoms with van der Waals surface area (Å²) in [6.45, 7) is 0. The first-order valence-electron chi connectivity index (χ1n) is 12.8. The van der Waals surface area contributed by atoms with Gasteiger partial charge in [0.25, 0.3) is 11.8 Å². The van der Waals surface area contributed by atoms with Gasteiger partial charge in [-0.1, -0.05) is 16.9 Å². The van der Waals surface area contributed by atoms with Crippen molar-refractivity contribution in [3.05, 3.63) is 62.4 Å². The number of nitrogens with zero attached hydrogens (tertiary/aromatic N) is 3. The lowest BCUT2D eigenvalue weighted by Gasteiger charge is -2.49. The number of rotatable bonds is 9. The highest BCUT2D eigenvalue weighted by Gasteiger charge is 2.54. The largest absolute Gasteiger partial charge is 0.477 e. The number of carbonyl (C=O) groups is 3. The number of anilines is 1. The Morgan fingerprint density at radius 2 is 2.12 bits per heavy atom. The summed E-state index contributed by atoms with van der Waals surface area (Å²) >= 11 is 5.13. The number of hydrogen-bond donors (Lipinski definition) is 3. The van der Waals surface area contributed by atoms with E-state index in [2.05, 4.69) is 15.5 Å². The third-order valence-corrected chi connectivity index (χ3v) is 10.8. The molecule has 42 heavy (non-hydrogen) atoms. The summed E-state index contributed by atoms with van der Waals surface area (Å²) in [7, 11) is 0. The molecule has 2 aliphatic heterocycles. The minimum atomic E-state index is -1.25. The molecule has 6 rings (SSSR count). The second-order valence-electron chi connectivity index (χ2n) is 9.53. The fourth-order valence-corrected chi connectivity index (χ4v) is 8.60. The van der Waals surface area contributed by atoms with Crippen molar-refractivity contribution in [1.82, 2.24) is 15.2 Å². The topological polar surface area (TPSA) is 177 Å². The Bertz CT molecular complexity index is 1720. The molecule has 1 unspecified atom stereocenters. The fourth-order valence-electron chi connectivity index (χ4n) is 4.81. The number of carboxylic acids is 1. The Hall–Kier alpha value is -3.60. The van der Waals surface area contributed by atoms with Crippen LogP contribution < -0.4 is 16.5 Å². The van der Waals surface area contributed by atoms with Gasteiger partial charge in [0.05, 0.1) is 15.2 Å². The van der Waals surface area contributed by atoms with Gasteiger partial charge >= 0.3 is 5.97 Å². The van der Waals surface area contributed by atoms with Crippen molar-refractivity contribution in [2.45, 2.75) is 47.4 Å². The number of carbonyl (C=O) groups excluding carboxylic acids is 2. The number of nitrogen functional groups attached to an aromatic ring is 1. The summed E-state index contributed by atoms with van der Waals surface area (Å²) in [4.78, 5) is 61.8. The van der Waals surface area contributed by atoms with Gasteiger partial charge in [0.2, 0.25) is 5.43 Å². The molecule has 2 atom stereocenters. The molecule has 3 aromatic rings. The van der Waals surface area contributed by atoms with E-state index in [1.165, 1.54) is 52.1 Å². The van der Waals surface area contributed by atoms with E-state index in [0.29, 0.717) is 21.1 Å². The SMILES string of the molecule is Nc1nc(/C(=N/OC2CCCC2)C(=O)NC2C(=O)N3C(C(=O)O)=C(/C=C/Sc4cc(=O)c5occc5s4)CS[C@H]23)cs1. The van der Waals surface area contributed by atoms with Gasteiger partial charge in [-0.25, -0.2) is 9.78 Å². The lowest BCUT2D eigenvalue weighted by Crippen LogP contribution is -2.71. The maximum atomic E-state index is 13.3. The molecule has 1 saturated heterocycles. The third-order valence-electron chi connectivity index (χ3n) is 6.83. The maximum Gasteiger partial charge on any atom is 0.352 e. The molecule has 1 saturated carbocycles. The van der Waals surface area contributed by atoms with Gasteiger partial charge in [-0.2, -0.15) is 0 Å². The Morgan fingerprint density at radius 1 is 1.31 bits per heavy atom. The lowest BCUT2D eigenvalue weighted by molar-refractivity contribution is -0.150. The van der Waals surface area contributed by atoms with E-state index < -0.39 is 29.2 Å². The van der Waals surface area contributed by atoms with E-state index in [-0.39, 0.29) is 33.8 Å². The number of thiazole rings is 1. The first-order valence-corrected chi connectivity index (χ1v) is 16.4. The summed E-state index contributed by atoms with van der Waals surface area (Å²) in [5, 5.41) is 19.7. The van der Waals surface area contributed by atoms with Crippen LogP contribution in [0.15, 0.2) is 65.1 Å². The number of furan rings is 1. The third kappa shape index (κ3) is 5.58. The Morgan fingerprint density at radius 3 is 2.86 bits per heavy atom. The molecule has 4 N–H and O–H groups in total. The Balaban J connectivity index is 1.17. The number of nitrogens with two attached hydrogens (primary N) is 1. The van der Waals surface area contributed by atoms with Crippen molar-refractivity contribution in [1.29, 1.82) is 0 Å². The lowest BCUT2D eigenvalue weighted by atomic mass is 10.0. The zero-order chi connectivity index (χ0) is 29.4. The molecule has 16 heteroatoms. The summed E-state index contributed by atoms with van der Waals surface area (Å²) in [5.74, 6) is -2.16. The maximum absolute atomic E-state index is 13.3. The molecule has 12 nitrogen and oxygen atoms in total. The molecule has 3 aliphatic rings. The van der Waals surface area contributed by atoms with Crippen molar-refractivity contribution in [2.75, 3.05) is 11.5 Å². The van der Waals surface area contributed by atoms with Gasteiger partial charge in [-0.05, 0) is 48.8 Å². The van der Waals surface area contributed by atoms with Crippen LogP contribution in [0.5, 0.6) is 0 Å². The molecule has 0 spiro atoms. The minimum Gasteiger partial charge on any atom is -0.477 e. The highest BCUT2D eigenvalue weighted by atomic mass is 32.2. The molecule has 1 aliphatic carbocycles. The van der Waals surface area contributed by atoms with Gasteiger partial charge in [0.1, 0.15) is 28.9 Å². The first kappa shape index (κ1) is 28.5. The van der Waals surface area contributed by atoms with Gasteiger partial charge in [0, 0.05) is 17.2 Å². The van der Waals surface area contributed by atoms with Crippen molar-refractivity contribution in [3.63, 3.8) is 0 Å². The van der Waals surface area contributed by atoms with Crippen LogP contribution in [-0.4, -0.2) is 61.8 Å². The highest BCUT2D eigenvalue weighted by molar-refractivity contribution is 8.04. The van der Waals surface area contributed by atoms with Crippen LogP contribution in [0.1, 0.15) is 31.4 Å². The van der Waals surface area contributed by atoms with E-state index >= 15 is 0 Å². The molecule has 0 aromatic carbocycles. The highest BCUT2D eigenvalue weighted by Crippen LogP contribution is 2.41. The molecule has 218 valence electrons.